The van der Waals surface area contributed by atoms with Crippen LogP contribution in [-0.2, 0) is 29.0 Å². The molecule has 0 fully saturated rings. The molecule has 0 saturated carbocycles. The maximum absolute atomic E-state index is 12.3. The number of carbonyl (C=O) groups is 1. The molecule has 0 saturated heterocycles. The monoisotopic (exact) mass is 471 g/mol. The minimum absolute atomic E-state index is 0.290. The molecule has 0 heterocycles. The second-order valence-corrected chi connectivity index (χ2v) is 8.25. The highest BCUT2D eigenvalue weighted by Gasteiger charge is 2.22. The molecule has 3 aromatic rings. The molecule has 1 unspecified atom stereocenters. The van der Waals surface area contributed by atoms with Crippen LogP contribution in [0.1, 0.15) is 54.1 Å². The lowest BCUT2D eigenvalue weighted by Gasteiger charge is -2.26. The molecule has 6 nitrogen and oxygen atoms in total. The van der Waals surface area contributed by atoms with Gasteiger partial charge in [-0.3, -0.25) is 0 Å². The predicted octanol–water partition coefficient (Wildman–Crippen LogP) is 4.57. The average molecular weight is 472 g/mol. The summed E-state index contributed by atoms with van der Waals surface area (Å²) in [5, 5.41) is 24.4. The van der Waals surface area contributed by atoms with Gasteiger partial charge in [0.1, 0.15) is 12.4 Å². The number of carboxylic acid groups (broad SMARTS) is 1. The number of nitrogens with zero attached hydrogens (tertiary/aromatic N) is 1. The zero-order valence-electron chi connectivity index (χ0n) is 20.3. The number of hydrogen-bond donors (Lipinski definition) is 1. The van der Waals surface area contributed by atoms with Gasteiger partial charge in [0.15, 0.2) is 0 Å². The summed E-state index contributed by atoms with van der Waals surface area (Å²) in [5.41, 5.74) is 4.69. The number of ether oxygens (including phenoxy) is 2. The predicted molar refractivity (Wildman–Crippen MR) is 134 cm³/mol. The molecule has 3 rings (SSSR count). The van der Waals surface area contributed by atoms with Crippen LogP contribution in [-0.4, -0.2) is 19.2 Å². The zero-order valence-corrected chi connectivity index (χ0v) is 20.3. The highest BCUT2D eigenvalue weighted by molar-refractivity contribution is 5.79. The van der Waals surface area contributed by atoms with Gasteiger partial charge in [-0.1, -0.05) is 56.7 Å². The molecule has 0 radical (unpaired) electrons. The Bertz CT molecular complexity index is 1140. The zero-order chi connectivity index (χ0) is 25.0. The lowest BCUT2D eigenvalue weighted by Crippen LogP contribution is -2.35. The van der Waals surface area contributed by atoms with E-state index < -0.39 is 12.0 Å². The van der Waals surface area contributed by atoms with Crippen molar-refractivity contribution < 1.29 is 19.4 Å². The smallest absolute Gasteiger partial charge is 0.128 e. The fourth-order valence-electron chi connectivity index (χ4n) is 3.87. The van der Waals surface area contributed by atoms with Gasteiger partial charge in [0, 0.05) is 11.3 Å². The van der Waals surface area contributed by atoms with Crippen LogP contribution in [0.5, 0.6) is 5.75 Å². The number of carboxylic acids is 1. The number of nitriles is 1. The van der Waals surface area contributed by atoms with Gasteiger partial charge in [0.2, 0.25) is 0 Å². The van der Waals surface area contributed by atoms with Crippen LogP contribution in [0.15, 0.2) is 66.7 Å². The van der Waals surface area contributed by atoms with E-state index in [-0.39, 0.29) is 0 Å². The Morgan fingerprint density at radius 1 is 1.03 bits per heavy atom. The number of aliphatic carboxylic acids is 1. The molecule has 0 bridgehead atoms. The standard InChI is InChI=1S/C29H32N2O4/c1-3-8-24-17-21(4-2)18-26(27(29(32)33)31-25-13-11-22(19-30)12-14-25)28(24)35-16-15-34-20-23-9-6-5-7-10-23/h5-7,9-14,17-18,27,31H,3-4,8,15-16,20H2,1-2H3,(H,32,33)/p-1. The Kier molecular flexibility index (Phi) is 9.70. The fraction of sp³-hybridized carbons (Fsp3) is 0.310. The normalized spacial score (nSPS) is 11.5. The summed E-state index contributed by atoms with van der Waals surface area (Å²) < 4.78 is 11.9. The number of nitrogens with one attached hydrogen (secondary N) is 1. The summed E-state index contributed by atoms with van der Waals surface area (Å²) in [4.78, 5) is 12.3. The largest absolute Gasteiger partial charge is 0.548 e. The van der Waals surface area contributed by atoms with E-state index in [0.717, 1.165) is 36.0 Å². The van der Waals surface area contributed by atoms with E-state index in [0.29, 0.717) is 42.4 Å². The first-order valence-corrected chi connectivity index (χ1v) is 11.9. The topological polar surface area (TPSA) is 94.4 Å². The van der Waals surface area contributed by atoms with E-state index in [2.05, 4.69) is 24.4 Å². The van der Waals surface area contributed by atoms with Crippen LogP contribution in [0.3, 0.4) is 0 Å². The molecule has 3 aromatic carbocycles. The summed E-state index contributed by atoms with van der Waals surface area (Å²) in [6, 6.07) is 21.4. The summed E-state index contributed by atoms with van der Waals surface area (Å²) in [6.07, 6.45) is 2.42. The van der Waals surface area contributed by atoms with Crippen molar-refractivity contribution in [1.29, 1.82) is 5.26 Å². The molecular weight excluding hydrogens is 440 g/mol. The highest BCUT2D eigenvalue weighted by atomic mass is 16.5. The summed E-state index contributed by atoms with van der Waals surface area (Å²) in [6.45, 7) is 5.26. The molecule has 1 N–H and O–H groups in total. The molecule has 0 amide bonds. The minimum Gasteiger partial charge on any atom is -0.548 e. The van der Waals surface area contributed by atoms with Crippen molar-refractivity contribution in [3.8, 4) is 11.8 Å². The van der Waals surface area contributed by atoms with E-state index in [1.165, 1.54) is 0 Å². The minimum atomic E-state index is -1.25. The van der Waals surface area contributed by atoms with Crippen molar-refractivity contribution in [1.82, 2.24) is 0 Å². The lowest BCUT2D eigenvalue weighted by molar-refractivity contribution is -0.307. The van der Waals surface area contributed by atoms with Crippen molar-refractivity contribution in [3.05, 3.63) is 94.5 Å². The van der Waals surface area contributed by atoms with Crippen LogP contribution < -0.4 is 15.2 Å². The summed E-state index contributed by atoms with van der Waals surface area (Å²) in [7, 11) is 0. The second kappa shape index (κ2) is 13.2. The molecule has 182 valence electrons. The third-order valence-electron chi connectivity index (χ3n) is 5.64. The van der Waals surface area contributed by atoms with Gasteiger partial charge in [0.05, 0.1) is 36.9 Å². The third kappa shape index (κ3) is 7.33. The molecule has 35 heavy (non-hydrogen) atoms. The van der Waals surface area contributed by atoms with Gasteiger partial charge in [-0.25, -0.2) is 0 Å². The van der Waals surface area contributed by atoms with Crippen molar-refractivity contribution in [3.63, 3.8) is 0 Å². The summed E-state index contributed by atoms with van der Waals surface area (Å²) in [5.74, 6) is -0.696. The molecular formula is C29H31N2O4-. The SMILES string of the molecule is CCCc1cc(CC)cc(C(Nc2ccc(C#N)cc2)C(=O)[O-])c1OCCOCc1ccccc1. The first kappa shape index (κ1) is 25.8. The number of carbonyl (C=O) groups excluding carboxylic acids is 1. The summed E-state index contributed by atoms with van der Waals surface area (Å²) >= 11 is 0. The quantitative estimate of drug-likeness (QED) is 0.367. The van der Waals surface area contributed by atoms with Crippen LogP contribution in [0.25, 0.3) is 0 Å². The van der Waals surface area contributed by atoms with Gasteiger partial charge >= 0.3 is 0 Å². The van der Waals surface area contributed by atoms with Crippen LogP contribution >= 0.6 is 0 Å². The van der Waals surface area contributed by atoms with E-state index in [9.17, 15) is 9.90 Å². The van der Waals surface area contributed by atoms with E-state index >= 15 is 0 Å². The van der Waals surface area contributed by atoms with E-state index in [1.807, 2.05) is 43.3 Å². The van der Waals surface area contributed by atoms with Gasteiger partial charge < -0.3 is 24.7 Å². The first-order chi connectivity index (χ1) is 17.0. The highest BCUT2D eigenvalue weighted by Crippen LogP contribution is 2.34. The number of benzene rings is 3. The van der Waals surface area contributed by atoms with Crippen molar-refractivity contribution in [2.75, 3.05) is 18.5 Å². The Hall–Kier alpha value is -3.82. The Morgan fingerprint density at radius 2 is 1.77 bits per heavy atom. The van der Waals surface area contributed by atoms with Crippen molar-refractivity contribution in [2.45, 2.75) is 45.8 Å². The molecule has 0 aliphatic heterocycles. The molecule has 6 heteroatoms. The fourth-order valence-corrected chi connectivity index (χ4v) is 3.87. The number of aryl methyl sites for hydroxylation is 2. The number of rotatable bonds is 13. The van der Waals surface area contributed by atoms with Crippen LogP contribution in [0.4, 0.5) is 5.69 Å². The Morgan fingerprint density at radius 3 is 2.40 bits per heavy atom. The number of anilines is 1. The van der Waals surface area contributed by atoms with Crippen LogP contribution in [0, 0.1) is 11.3 Å². The lowest BCUT2D eigenvalue weighted by atomic mass is 9.95. The average Bonchev–Trinajstić information content (AvgIpc) is 2.88. The first-order valence-electron chi connectivity index (χ1n) is 11.9. The van der Waals surface area contributed by atoms with Gasteiger partial charge in [-0.2, -0.15) is 5.26 Å². The van der Waals surface area contributed by atoms with E-state index in [1.54, 1.807) is 24.3 Å². The second-order valence-electron chi connectivity index (χ2n) is 8.25. The van der Waals surface area contributed by atoms with Crippen LogP contribution in [0.2, 0.25) is 0 Å². The van der Waals surface area contributed by atoms with E-state index in [4.69, 9.17) is 14.7 Å². The number of hydrogen-bond acceptors (Lipinski definition) is 6. The van der Waals surface area contributed by atoms with Gasteiger partial charge in [-0.05, 0) is 59.9 Å². The molecule has 0 aromatic heterocycles. The van der Waals surface area contributed by atoms with Gasteiger partial charge in [0.25, 0.3) is 0 Å². The maximum atomic E-state index is 12.3. The molecule has 1 atom stereocenters. The van der Waals surface area contributed by atoms with Crippen molar-refractivity contribution >= 4 is 11.7 Å². The molecule has 0 aliphatic carbocycles. The maximum Gasteiger partial charge on any atom is 0.128 e. The third-order valence-corrected chi connectivity index (χ3v) is 5.64. The Labute approximate surface area is 207 Å². The van der Waals surface area contributed by atoms with Gasteiger partial charge in [-0.15, -0.1) is 0 Å². The molecule has 0 spiro atoms. The van der Waals surface area contributed by atoms with Crippen molar-refractivity contribution in [2.24, 2.45) is 0 Å². The molecule has 0 aliphatic rings. The Balaban J connectivity index is 1.84.